The van der Waals surface area contributed by atoms with Gasteiger partial charge in [-0.2, -0.15) is 0 Å². The maximum atomic E-state index is 13.9. The van der Waals surface area contributed by atoms with Gasteiger partial charge in [-0.15, -0.1) is 0 Å². The molecular weight excluding hydrogens is 899 g/mol. The molecule has 0 saturated heterocycles. The van der Waals surface area contributed by atoms with Crippen LogP contribution in [0, 0.1) is 0 Å². The van der Waals surface area contributed by atoms with Gasteiger partial charge in [-0.1, -0.05) is 0 Å². The summed E-state index contributed by atoms with van der Waals surface area (Å²) in [6, 6.07) is 13.2. The summed E-state index contributed by atoms with van der Waals surface area (Å²) in [7, 11) is 0. The summed E-state index contributed by atoms with van der Waals surface area (Å²) < 4.78 is 166. The molecule has 0 fully saturated rings. The van der Waals surface area contributed by atoms with Crippen LogP contribution in [-0.2, 0) is 45.1 Å². The molecule has 0 amide bonds. The Morgan fingerprint density at radius 3 is 1.05 bits per heavy atom. The molecule has 0 nitrogen and oxygen atoms in total. The predicted molar refractivity (Wildman–Crippen MR) is 183 cm³/mol. The average Bonchev–Trinajstić information content (AvgIpc) is 3.65. The van der Waals surface area contributed by atoms with Gasteiger partial charge < -0.3 is 24.8 Å². The average molecular weight is 931 g/mol. The molecule has 56 heavy (non-hydrogen) atoms. The molecule has 4 aromatic carbocycles. The van der Waals surface area contributed by atoms with Crippen LogP contribution >= 0.6 is 0 Å². The van der Waals surface area contributed by atoms with Gasteiger partial charge in [0.1, 0.15) is 0 Å². The van der Waals surface area contributed by atoms with Crippen LogP contribution in [0.4, 0.5) is 52.7 Å². The van der Waals surface area contributed by atoms with E-state index in [9.17, 15) is 52.7 Å². The molecule has 2 aliphatic rings. The smallest absolute Gasteiger partial charge is 1.00 e. The Morgan fingerprint density at radius 1 is 0.500 bits per heavy atom. The first-order chi connectivity index (χ1) is 25.0. The second-order valence-corrected chi connectivity index (χ2v) is 31.5. The third-order valence-corrected chi connectivity index (χ3v) is 29.6. The van der Waals surface area contributed by atoms with E-state index >= 15 is 0 Å². The van der Waals surface area contributed by atoms with Gasteiger partial charge in [-0.05, 0) is 0 Å². The summed E-state index contributed by atoms with van der Waals surface area (Å²) >= 11 is -3.00. The van der Waals surface area contributed by atoms with E-state index in [2.05, 4.69) is 13.1 Å². The molecule has 2 atom stereocenters. The van der Waals surface area contributed by atoms with Crippen molar-refractivity contribution in [3.05, 3.63) is 128 Å². The first kappa shape index (κ1) is 45.9. The second kappa shape index (κ2) is 16.5. The zero-order chi connectivity index (χ0) is 39.7. The van der Waals surface area contributed by atoms with Crippen molar-refractivity contribution in [1.82, 2.24) is 0 Å². The third-order valence-electron chi connectivity index (χ3n) is 10.1. The first-order valence-corrected chi connectivity index (χ1v) is 26.0. The van der Waals surface area contributed by atoms with E-state index in [1.54, 1.807) is 12.1 Å². The second-order valence-electron chi connectivity index (χ2n) is 13.7. The molecule has 298 valence electrons. The van der Waals surface area contributed by atoms with Crippen molar-refractivity contribution < 1.29 is 97.9 Å². The molecule has 16 heteroatoms. The van der Waals surface area contributed by atoms with Crippen molar-refractivity contribution in [2.75, 3.05) is 0 Å². The van der Waals surface area contributed by atoms with Crippen molar-refractivity contribution in [2.45, 2.75) is 71.7 Å². The van der Waals surface area contributed by atoms with Crippen molar-refractivity contribution in [3.8, 4) is 22.3 Å². The number of hydrogen-bond acceptors (Lipinski definition) is 0. The topological polar surface area (TPSA) is 0 Å². The van der Waals surface area contributed by atoms with Gasteiger partial charge in [0, 0.05) is 0 Å². The van der Waals surface area contributed by atoms with Crippen LogP contribution in [0.25, 0.3) is 34.4 Å². The van der Waals surface area contributed by atoms with E-state index < -0.39 is 72.8 Å². The van der Waals surface area contributed by atoms with Gasteiger partial charge in [0.25, 0.3) is 0 Å². The number of alkyl halides is 12. The van der Waals surface area contributed by atoms with Crippen LogP contribution < -0.4 is 24.8 Å². The number of fused-ring (bicyclic) bond motifs is 2. The normalized spacial score (nSPS) is 16.5. The summed E-state index contributed by atoms with van der Waals surface area (Å²) in [5.74, 6) is 0. The molecule has 0 bridgehead atoms. The fourth-order valence-corrected chi connectivity index (χ4v) is 28.5. The Hall–Kier alpha value is -2.80. The largest absolute Gasteiger partial charge is 1.00 e. The van der Waals surface area contributed by atoms with Gasteiger partial charge in [0.2, 0.25) is 0 Å². The van der Waals surface area contributed by atoms with Crippen molar-refractivity contribution in [3.63, 3.8) is 0 Å². The van der Waals surface area contributed by atoms with Crippen LogP contribution in [0.5, 0.6) is 0 Å². The molecule has 0 saturated carbocycles. The number of halogens is 14. The van der Waals surface area contributed by atoms with Crippen molar-refractivity contribution in [2.24, 2.45) is 0 Å². The summed E-state index contributed by atoms with van der Waals surface area (Å²) in [5.41, 5.74) is -1.96. The Bertz CT molecular complexity index is 2030. The van der Waals surface area contributed by atoms with Gasteiger partial charge >= 0.3 is 313 Å². The summed E-state index contributed by atoms with van der Waals surface area (Å²) in [6.07, 6.45) is -15.2. The fraction of sp³-hybridized carbons (Fsp3) is 0.300. The molecule has 0 heterocycles. The Balaban J connectivity index is 0.00000348. The molecular formula is C40H32Cl2F12SiZr. The van der Waals surface area contributed by atoms with Crippen LogP contribution in [0.15, 0.2) is 83.9 Å². The minimum atomic E-state index is -5.02. The maximum absolute atomic E-state index is 13.9. The van der Waals surface area contributed by atoms with Gasteiger partial charge in [-0.3, -0.25) is 0 Å². The number of hydrogen-bond donors (Lipinski definition) is 0. The molecule has 0 spiro atoms. The van der Waals surface area contributed by atoms with E-state index in [0.717, 1.165) is 46.5 Å². The number of benzene rings is 4. The monoisotopic (exact) mass is 928 g/mol. The number of allylic oxidation sites excluding steroid dienone is 2. The predicted octanol–water partition coefficient (Wildman–Crippen LogP) is 8.37. The molecule has 2 aliphatic carbocycles. The van der Waals surface area contributed by atoms with Crippen LogP contribution in [0.2, 0.25) is 13.1 Å². The van der Waals surface area contributed by atoms with Crippen molar-refractivity contribution >= 4 is 17.6 Å². The molecule has 0 N–H and O–H groups in total. The zero-order valence-corrected chi connectivity index (χ0v) is 34.9. The van der Waals surface area contributed by atoms with Crippen LogP contribution in [-0.4, -0.2) is 5.43 Å². The van der Waals surface area contributed by atoms with Gasteiger partial charge in [0.15, 0.2) is 0 Å². The fourth-order valence-electron chi connectivity index (χ4n) is 7.74. The van der Waals surface area contributed by atoms with Crippen LogP contribution in [0.1, 0.15) is 78.4 Å². The standard InChI is InChI=1S/2C19H13F6.C2H6Si.2ClH.Zr/c2*1-2-11-6-12-4-3-5-16(17(12)7-11)13-8-14(18(20,21)22)10-15(9-13)19(23,24)25;1-3-2;;;/h2*3-10H,2H2,1H3;1-2H3;2*1H;/q;;;;;+2/p-2. The van der Waals surface area contributed by atoms with E-state index in [1.165, 1.54) is 12.1 Å². The summed E-state index contributed by atoms with van der Waals surface area (Å²) in [4.78, 5) is 0. The molecule has 0 radical (unpaired) electrons. The zero-order valence-electron chi connectivity index (χ0n) is 29.9. The summed E-state index contributed by atoms with van der Waals surface area (Å²) in [6.45, 7) is 8.24. The van der Waals surface area contributed by atoms with E-state index in [1.807, 2.05) is 38.1 Å². The minimum absolute atomic E-state index is 0. The molecule has 0 aliphatic heterocycles. The maximum Gasteiger partial charge on any atom is -1.00 e. The van der Waals surface area contributed by atoms with Crippen LogP contribution in [0.3, 0.4) is 0 Å². The third kappa shape index (κ3) is 8.78. The van der Waals surface area contributed by atoms with Crippen molar-refractivity contribution in [1.29, 1.82) is 0 Å². The van der Waals surface area contributed by atoms with E-state index in [4.69, 9.17) is 0 Å². The molecule has 4 aromatic rings. The quantitative estimate of drug-likeness (QED) is 0.135. The van der Waals surface area contributed by atoms with Gasteiger partial charge in [0.05, 0.1) is 0 Å². The molecule has 6 rings (SSSR count). The minimum Gasteiger partial charge on any atom is -1.00 e. The Labute approximate surface area is 336 Å². The Kier molecular flexibility index (Phi) is 13.5. The van der Waals surface area contributed by atoms with E-state index in [0.29, 0.717) is 24.0 Å². The number of rotatable bonds is 6. The Morgan fingerprint density at radius 2 is 0.804 bits per heavy atom. The molecule has 0 aromatic heterocycles. The van der Waals surface area contributed by atoms with E-state index in [-0.39, 0.29) is 66.5 Å². The molecule has 2 unspecified atom stereocenters. The SMILES string of the molecule is CCC1=Cc2c(-c3cc(C(F)(F)F)cc(C(F)(F)F)c3)cccc2[CH]1[Zr+2]([CH]1C(CC)=Cc2c(-c3cc(C(F)(F)F)cc(C(F)(F)F)c3)cccc21)=[Si](C)C.[Cl-].[Cl-]. The summed E-state index contributed by atoms with van der Waals surface area (Å²) in [5, 5.41) is 0. The van der Waals surface area contributed by atoms with Gasteiger partial charge in [-0.25, -0.2) is 0 Å². The first-order valence-electron chi connectivity index (χ1n) is 17.0.